The van der Waals surface area contributed by atoms with Crippen LogP contribution in [0.5, 0.6) is 0 Å². The second-order valence-corrected chi connectivity index (χ2v) is 9.24. The van der Waals surface area contributed by atoms with Gasteiger partial charge in [-0.3, -0.25) is 14.5 Å². The normalized spacial score (nSPS) is 16.9. The van der Waals surface area contributed by atoms with E-state index in [-0.39, 0.29) is 23.1 Å². The molecule has 2 aromatic carbocycles. The van der Waals surface area contributed by atoms with Crippen molar-refractivity contribution in [2.45, 2.75) is 39.0 Å². The molecule has 29 heavy (non-hydrogen) atoms. The maximum absolute atomic E-state index is 12.8. The summed E-state index contributed by atoms with van der Waals surface area (Å²) in [6.07, 6.45) is 1.95. The molecule has 6 heteroatoms. The molecular weight excluding hydrogens is 404 g/mol. The SMILES string of the molecule is CCCc1ccccc1N1C(=O)CSC1c1cccc(NC(=O)C(C)(C)CCl)c1. The highest BCUT2D eigenvalue weighted by Gasteiger charge is 2.35. The van der Waals surface area contributed by atoms with E-state index in [4.69, 9.17) is 11.6 Å². The fourth-order valence-electron chi connectivity index (χ4n) is 3.29. The first-order valence-corrected chi connectivity index (χ1v) is 11.4. The lowest BCUT2D eigenvalue weighted by Crippen LogP contribution is -2.32. The standard InChI is InChI=1S/C23H27ClN2O2S/c1-4-8-16-9-5-6-12-19(16)26-20(27)14-29-21(26)17-10-7-11-18(13-17)25-22(28)23(2,3)15-24/h5-7,9-13,21H,4,8,14-15H2,1-3H3,(H,25,28). The molecule has 0 aliphatic carbocycles. The summed E-state index contributed by atoms with van der Waals surface area (Å²) in [5.41, 5.74) is 3.22. The number of amides is 2. The van der Waals surface area contributed by atoms with Crippen LogP contribution in [-0.2, 0) is 16.0 Å². The number of anilines is 2. The minimum Gasteiger partial charge on any atom is -0.326 e. The number of aryl methyl sites for hydroxylation is 1. The van der Waals surface area contributed by atoms with E-state index < -0.39 is 5.41 Å². The van der Waals surface area contributed by atoms with Crippen molar-refractivity contribution in [1.82, 2.24) is 0 Å². The Kier molecular flexibility index (Phi) is 6.91. The smallest absolute Gasteiger partial charge is 0.238 e. The van der Waals surface area contributed by atoms with Gasteiger partial charge in [0.25, 0.3) is 0 Å². The quantitative estimate of drug-likeness (QED) is 0.580. The number of halogens is 1. The summed E-state index contributed by atoms with van der Waals surface area (Å²) >= 11 is 7.54. The molecule has 1 fully saturated rings. The van der Waals surface area contributed by atoms with Gasteiger partial charge in [-0.1, -0.05) is 43.7 Å². The Morgan fingerprint density at radius 2 is 2.00 bits per heavy atom. The van der Waals surface area contributed by atoms with E-state index in [0.717, 1.165) is 24.1 Å². The van der Waals surface area contributed by atoms with Crippen LogP contribution < -0.4 is 10.2 Å². The maximum atomic E-state index is 12.8. The summed E-state index contributed by atoms with van der Waals surface area (Å²) in [4.78, 5) is 27.2. The highest BCUT2D eigenvalue weighted by molar-refractivity contribution is 8.00. The minimum atomic E-state index is -0.652. The van der Waals surface area contributed by atoms with Crippen LogP contribution >= 0.6 is 23.4 Å². The third-order valence-electron chi connectivity index (χ3n) is 5.02. The Labute approximate surface area is 182 Å². The molecule has 1 saturated heterocycles. The highest BCUT2D eigenvalue weighted by Crippen LogP contribution is 2.43. The highest BCUT2D eigenvalue weighted by atomic mass is 35.5. The Balaban J connectivity index is 1.90. The van der Waals surface area contributed by atoms with Crippen molar-refractivity contribution in [1.29, 1.82) is 0 Å². The molecule has 1 unspecified atom stereocenters. The molecule has 0 saturated carbocycles. The van der Waals surface area contributed by atoms with Crippen molar-refractivity contribution in [3.63, 3.8) is 0 Å². The van der Waals surface area contributed by atoms with E-state index in [0.29, 0.717) is 11.4 Å². The fraction of sp³-hybridized carbons (Fsp3) is 0.391. The number of carbonyl (C=O) groups excluding carboxylic acids is 2. The van der Waals surface area contributed by atoms with Crippen LogP contribution in [0.15, 0.2) is 48.5 Å². The molecule has 0 radical (unpaired) electrons. The average Bonchev–Trinajstić information content (AvgIpc) is 3.10. The molecular formula is C23H27ClN2O2S. The number of rotatable bonds is 7. The number of benzene rings is 2. The van der Waals surface area contributed by atoms with Crippen molar-refractivity contribution in [2.24, 2.45) is 5.41 Å². The molecule has 154 valence electrons. The van der Waals surface area contributed by atoms with Gasteiger partial charge in [0.05, 0.1) is 11.2 Å². The Bertz CT molecular complexity index is 900. The fourth-order valence-corrected chi connectivity index (χ4v) is 4.57. The lowest BCUT2D eigenvalue weighted by molar-refractivity contribution is -0.123. The van der Waals surface area contributed by atoms with Gasteiger partial charge in [-0.25, -0.2) is 0 Å². The first-order chi connectivity index (χ1) is 13.9. The zero-order valence-corrected chi connectivity index (χ0v) is 18.6. The monoisotopic (exact) mass is 430 g/mol. The van der Waals surface area contributed by atoms with Crippen LogP contribution in [0.4, 0.5) is 11.4 Å². The van der Waals surface area contributed by atoms with Crippen molar-refractivity contribution in [3.05, 3.63) is 59.7 Å². The number of alkyl halides is 1. The van der Waals surface area contributed by atoms with Gasteiger partial charge in [-0.05, 0) is 49.6 Å². The summed E-state index contributed by atoms with van der Waals surface area (Å²) in [5.74, 6) is 0.681. The molecule has 1 aliphatic heterocycles. The van der Waals surface area contributed by atoms with E-state index in [1.54, 1.807) is 11.8 Å². The van der Waals surface area contributed by atoms with E-state index >= 15 is 0 Å². The summed E-state index contributed by atoms with van der Waals surface area (Å²) in [5, 5.41) is 2.85. The van der Waals surface area contributed by atoms with Crippen LogP contribution in [0.3, 0.4) is 0 Å². The van der Waals surface area contributed by atoms with E-state index in [1.807, 2.05) is 61.2 Å². The first-order valence-electron chi connectivity index (χ1n) is 9.86. The van der Waals surface area contributed by atoms with Gasteiger partial charge in [0.1, 0.15) is 5.37 Å². The van der Waals surface area contributed by atoms with Crippen LogP contribution in [-0.4, -0.2) is 23.4 Å². The lowest BCUT2D eigenvalue weighted by atomic mass is 9.95. The minimum absolute atomic E-state index is 0.112. The molecule has 0 spiro atoms. The molecule has 2 aromatic rings. The second-order valence-electron chi connectivity index (χ2n) is 7.90. The van der Waals surface area contributed by atoms with Gasteiger partial charge in [0.2, 0.25) is 11.8 Å². The van der Waals surface area contributed by atoms with Gasteiger partial charge >= 0.3 is 0 Å². The van der Waals surface area contributed by atoms with Crippen LogP contribution in [0.25, 0.3) is 0 Å². The summed E-state index contributed by atoms with van der Waals surface area (Å²) < 4.78 is 0. The second kappa shape index (κ2) is 9.23. The topological polar surface area (TPSA) is 49.4 Å². The predicted octanol–water partition coefficient (Wildman–Crippen LogP) is 5.62. The molecule has 4 nitrogen and oxygen atoms in total. The Morgan fingerprint density at radius 3 is 2.72 bits per heavy atom. The molecule has 2 amide bonds. The molecule has 0 aromatic heterocycles. The van der Waals surface area contributed by atoms with Gasteiger partial charge in [-0.2, -0.15) is 0 Å². The number of hydrogen-bond acceptors (Lipinski definition) is 3. The maximum Gasteiger partial charge on any atom is 0.238 e. The van der Waals surface area contributed by atoms with Crippen LogP contribution in [0.1, 0.15) is 43.7 Å². The Hall–Kier alpha value is -1.98. The predicted molar refractivity (Wildman–Crippen MR) is 123 cm³/mol. The van der Waals surface area contributed by atoms with Gasteiger partial charge in [-0.15, -0.1) is 23.4 Å². The molecule has 1 heterocycles. The van der Waals surface area contributed by atoms with Gasteiger partial charge in [0, 0.05) is 17.3 Å². The van der Waals surface area contributed by atoms with E-state index in [2.05, 4.69) is 18.3 Å². The zero-order chi connectivity index (χ0) is 21.0. The molecule has 1 aliphatic rings. The number of thioether (sulfide) groups is 1. The number of para-hydroxylation sites is 1. The van der Waals surface area contributed by atoms with Gasteiger partial charge in [0.15, 0.2) is 0 Å². The summed E-state index contributed by atoms with van der Waals surface area (Å²) in [7, 11) is 0. The third-order valence-corrected chi connectivity index (χ3v) is 6.90. The Morgan fingerprint density at radius 1 is 1.24 bits per heavy atom. The van der Waals surface area contributed by atoms with Crippen molar-refractivity contribution >= 4 is 46.6 Å². The molecule has 0 bridgehead atoms. The zero-order valence-electron chi connectivity index (χ0n) is 17.1. The summed E-state index contributed by atoms with van der Waals surface area (Å²) in [6.45, 7) is 5.78. The number of carbonyl (C=O) groups is 2. The number of nitrogens with zero attached hydrogens (tertiary/aromatic N) is 1. The van der Waals surface area contributed by atoms with Crippen LogP contribution in [0, 0.1) is 5.41 Å². The first kappa shape index (κ1) is 21.7. The van der Waals surface area contributed by atoms with Gasteiger partial charge < -0.3 is 5.32 Å². The lowest BCUT2D eigenvalue weighted by Gasteiger charge is -2.27. The number of hydrogen-bond donors (Lipinski definition) is 1. The van der Waals surface area contributed by atoms with Crippen molar-refractivity contribution < 1.29 is 9.59 Å². The third kappa shape index (κ3) is 4.78. The van der Waals surface area contributed by atoms with Crippen LogP contribution in [0.2, 0.25) is 0 Å². The van der Waals surface area contributed by atoms with E-state index in [1.165, 1.54) is 5.56 Å². The van der Waals surface area contributed by atoms with Crippen molar-refractivity contribution in [2.75, 3.05) is 21.8 Å². The molecule has 1 N–H and O–H groups in total. The number of nitrogens with one attached hydrogen (secondary N) is 1. The summed E-state index contributed by atoms with van der Waals surface area (Å²) in [6, 6.07) is 15.9. The average molecular weight is 431 g/mol. The van der Waals surface area contributed by atoms with Crippen molar-refractivity contribution in [3.8, 4) is 0 Å². The molecule has 3 rings (SSSR count). The largest absolute Gasteiger partial charge is 0.326 e. The molecule has 1 atom stereocenters. The van der Waals surface area contributed by atoms with E-state index in [9.17, 15) is 9.59 Å².